The molecule has 0 spiro atoms. The van der Waals surface area contributed by atoms with E-state index in [0.29, 0.717) is 19.3 Å². The third-order valence-corrected chi connectivity index (χ3v) is 11.1. The number of amides is 1. The lowest BCUT2D eigenvalue weighted by Gasteiger charge is -2.24. The average molecular weight is 826 g/mol. The molecular formula is C53H95NO5. The SMILES string of the molecule is CC/C=C/C/C=C/C/C=C/CCCCC(CC(=O)NC(CO)C(O)CCCCCCCCCCCCCCC)OC(=O)CCCCCCCC/C=C/C=C/CCCCC. The van der Waals surface area contributed by atoms with Crippen LogP contribution in [0.2, 0.25) is 0 Å². The highest BCUT2D eigenvalue weighted by molar-refractivity contribution is 5.77. The highest BCUT2D eigenvalue weighted by Gasteiger charge is 2.24. The molecule has 59 heavy (non-hydrogen) atoms. The summed E-state index contributed by atoms with van der Waals surface area (Å²) in [6.07, 6.45) is 57.1. The van der Waals surface area contributed by atoms with Gasteiger partial charge < -0.3 is 20.3 Å². The predicted molar refractivity (Wildman–Crippen MR) is 255 cm³/mol. The van der Waals surface area contributed by atoms with Gasteiger partial charge in [-0.25, -0.2) is 0 Å². The molecule has 0 radical (unpaired) electrons. The minimum Gasteiger partial charge on any atom is -0.462 e. The van der Waals surface area contributed by atoms with Crippen LogP contribution in [0.15, 0.2) is 60.8 Å². The van der Waals surface area contributed by atoms with Gasteiger partial charge in [-0.15, -0.1) is 0 Å². The van der Waals surface area contributed by atoms with Crippen LogP contribution in [0.3, 0.4) is 0 Å². The average Bonchev–Trinajstić information content (AvgIpc) is 3.23. The molecule has 6 heteroatoms. The molecule has 0 aromatic rings. The maximum absolute atomic E-state index is 13.2. The molecule has 0 aromatic carbocycles. The van der Waals surface area contributed by atoms with Crippen molar-refractivity contribution in [1.82, 2.24) is 5.32 Å². The van der Waals surface area contributed by atoms with Crippen molar-refractivity contribution in [1.29, 1.82) is 0 Å². The van der Waals surface area contributed by atoms with Gasteiger partial charge in [-0.2, -0.15) is 0 Å². The van der Waals surface area contributed by atoms with Gasteiger partial charge in [0.15, 0.2) is 0 Å². The van der Waals surface area contributed by atoms with Crippen LogP contribution in [0.25, 0.3) is 0 Å². The highest BCUT2D eigenvalue weighted by atomic mass is 16.5. The summed E-state index contributed by atoms with van der Waals surface area (Å²) in [5, 5.41) is 23.7. The van der Waals surface area contributed by atoms with Gasteiger partial charge >= 0.3 is 5.97 Å². The molecule has 0 aliphatic rings. The third-order valence-electron chi connectivity index (χ3n) is 11.1. The number of allylic oxidation sites excluding steroid dienone is 10. The summed E-state index contributed by atoms with van der Waals surface area (Å²) in [7, 11) is 0. The van der Waals surface area contributed by atoms with Gasteiger partial charge in [0, 0.05) is 6.42 Å². The van der Waals surface area contributed by atoms with E-state index in [9.17, 15) is 19.8 Å². The first-order chi connectivity index (χ1) is 29.0. The molecule has 342 valence electrons. The maximum Gasteiger partial charge on any atom is 0.306 e. The molecule has 0 aliphatic carbocycles. The van der Waals surface area contributed by atoms with Crippen LogP contribution >= 0.6 is 0 Å². The van der Waals surface area contributed by atoms with Gasteiger partial charge in [0.25, 0.3) is 0 Å². The smallest absolute Gasteiger partial charge is 0.306 e. The molecule has 3 N–H and O–H groups in total. The minimum atomic E-state index is -0.800. The van der Waals surface area contributed by atoms with Crippen LogP contribution < -0.4 is 5.32 Å². The van der Waals surface area contributed by atoms with Gasteiger partial charge in [-0.05, 0) is 83.5 Å². The second kappa shape index (κ2) is 46.6. The summed E-state index contributed by atoms with van der Waals surface area (Å²) in [5.74, 6) is -0.526. The lowest BCUT2D eigenvalue weighted by molar-refractivity contribution is -0.151. The molecule has 0 rings (SSSR count). The van der Waals surface area contributed by atoms with Crippen molar-refractivity contribution < 1.29 is 24.5 Å². The Morgan fingerprint density at radius 1 is 0.525 bits per heavy atom. The normalized spacial score (nSPS) is 13.8. The number of hydrogen-bond donors (Lipinski definition) is 3. The zero-order valence-electron chi connectivity index (χ0n) is 38.9. The number of ether oxygens (including phenoxy) is 1. The van der Waals surface area contributed by atoms with Crippen molar-refractivity contribution in [3.8, 4) is 0 Å². The lowest BCUT2D eigenvalue weighted by Crippen LogP contribution is -2.46. The van der Waals surface area contributed by atoms with Crippen LogP contribution in [0.5, 0.6) is 0 Å². The van der Waals surface area contributed by atoms with E-state index < -0.39 is 18.2 Å². The number of carbonyl (C=O) groups excluding carboxylic acids is 2. The summed E-state index contributed by atoms with van der Waals surface area (Å²) in [6.45, 7) is 6.32. The number of nitrogens with one attached hydrogen (secondary N) is 1. The zero-order valence-corrected chi connectivity index (χ0v) is 38.9. The van der Waals surface area contributed by atoms with E-state index in [1.54, 1.807) is 0 Å². The van der Waals surface area contributed by atoms with E-state index in [4.69, 9.17) is 4.74 Å². The fourth-order valence-electron chi connectivity index (χ4n) is 7.32. The van der Waals surface area contributed by atoms with Crippen LogP contribution in [0, 0.1) is 0 Å². The van der Waals surface area contributed by atoms with Gasteiger partial charge in [-0.3, -0.25) is 9.59 Å². The summed E-state index contributed by atoms with van der Waals surface area (Å²) in [4.78, 5) is 26.1. The molecule has 0 saturated heterocycles. The van der Waals surface area contributed by atoms with Gasteiger partial charge in [0.1, 0.15) is 6.10 Å². The van der Waals surface area contributed by atoms with E-state index in [1.807, 2.05) is 0 Å². The van der Waals surface area contributed by atoms with Crippen molar-refractivity contribution >= 4 is 11.9 Å². The number of rotatable bonds is 44. The quantitative estimate of drug-likeness (QED) is 0.0246. The molecule has 0 bridgehead atoms. The monoisotopic (exact) mass is 826 g/mol. The number of carbonyl (C=O) groups is 2. The summed E-state index contributed by atoms with van der Waals surface area (Å²) in [5.41, 5.74) is 0. The Bertz CT molecular complexity index is 1060. The van der Waals surface area contributed by atoms with E-state index in [0.717, 1.165) is 83.5 Å². The molecular weight excluding hydrogens is 731 g/mol. The molecule has 0 saturated carbocycles. The second-order valence-electron chi connectivity index (χ2n) is 16.9. The summed E-state index contributed by atoms with van der Waals surface area (Å²) in [6, 6.07) is -0.716. The van der Waals surface area contributed by atoms with Crippen LogP contribution in [0.1, 0.15) is 239 Å². The number of aliphatic hydroxyl groups excluding tert-OH is 2. The van der Waals surface area contributed by atoms with Crippen molar-refractivity contribution in [2.24, 2.45) is 0 Å². The van der Waals surface area contributed by atoms with Gasteiger partial charge in [0.05, 0.1) is 25.2 Å². The third kappa shape index (κ3) is 42.1. The summed E-state index contributed by atoms with van der Waals surface area (Å²) >= 11 is 0. The van der Waals surface area contributed by atoms with E-state index in [1.165, 1.54) is 109 Å². The van der Waals surface area contributed by atoms with Crippen LogP contribution in [-0.4, -0.2) is 46.9 Å². The van der Waals surface area contributed by atoms with E-state index in [2.05, 4.69) is 86.8 Å². The largest absolute Gasteiger partial charge is 0.462 e. The second-order valence-corrected chi connectivity index (χ2v) is 16.9. The van der Waals surface area contributed by atoms with Crippen molar-refractivity contribution in [3.63, 3.8) is 0 Å². The Balaban J connectivity index is 4.63. The Hall–Kier alpha value is -2.44. The fraction of sp³-hybridized carbons (Fsp3) is 0.774. The Kier molecular flexibility index (Phi) is 44.7. The van der Waals surface area contributed by atoms with E-state index in [-0.39, 0.29) is 24.9 Å². The van der Waals surface area contributed by atoms with Gasteiger partial charge in [-0.1, -0.05) is 204 Å². The first kappa shape index (κ1) is 56.6. The Morgan fingerprint density at radius 2 is 0.966 bits per heavy atom. The number of aliphatic hydroxyl groups is 2. The standard InChI is InChI=1S/C53H95NO5/c1-4-7-10-13-16-19-22-25-26-28-31-34-37-40-43-46-53(58)59-49(44-41-38-35-32-29-24-21-18-15-12-9-6-3)47-52(57)54-50(48-55)51(56)45-42-39-36-33-30-27-23-20-17-14-11-8-5-2/h9,12,16,18-19,21-22,25,29,32,49-51,55-56H,4-8,10-11,13-15,17,20,23-24,26-28,30-31,33-48H2,1-3H3,(H,54,57)/b12-9+,19-16+,21-18+,25-22+,32-29+. The molecule has 0 aromatic heterocycles. The Morgan fingerprint density at radius 3 is 1.54 bits per heavy atom. The molecule has 3 atom stereocenters. The molecule has 6 nitrogen and oxygen atoms in total. The first-order valence-corrected chi connectivity index (χ1v) is 25.0. The first-order valence-electron chi connectivity index (χ1n) is 25.0. The highest BCUT2D eigenvalue weighted by Crippen LogP contribution is 2.17. The van der Waals surface area contributed by atoms with Crippen LogP contribution in [-0.2, 0) is 14.3 Å². The Labute approximate surface area is 365 Å². The molecule has 0 aliphatic heterocycles. The summed E-state index contributed by atoms with van der Waals surface area (Å²) < 4.78 is 5.90. The predicted octanol–water partition coefficient (Wildman–Crippen LogP) is 14.8. The van der Waals surface area contributed by atoms with Crippen molar-refractivity contribution in [2.45, 2.75) is 257 Å². The molecule has 0 heterocycles. The van der Waals surface area contributed by atoms with E-state index >= 15 is 0 Å². The lowest BCUT2D eigenvalue weighted by atomic mass is 10.0. The van der Waals surface area contributed by atoms with Crippen molar-refractivity contribution in [2.75, 3.05) is 6.61 Å². The van der Waals surface area contributed by atoms with Crippen LogP contribution in [0.4, 0.5) is 0 Å². The minimum absolute atomic E-state index is 0.0455. The molecule has 0 fully saturated rings. The van der Waals surface area contributed by atoms with Crippen molar-refractivity contribution in [3.05, 3.63) is 60.8 Å². The van der Waals surface area contributed by atoms with Gasteiger partial charge in [0.2, 0.25) is 5.91 Å². The fourth-order valence-corrected chi connectivity index (χ4v) is 7.32. The zero-order chi connectivity index (χ0) is 43.1. The molecule has 1 amide bonds. The molecule has 3 unspecified atom stereocenters. The number of unbranched alkanes of at least 4 members (excludes halogenated alkanes) is 23. The maximum atomic E-state index is 13.2. The topological polar surface area (TPSA) is 95.9 Å². The number of hydrogen-bond acceptors (Lipinski definition) is 5. The number of esters is 1.